The van der Waals surface area contributed by atoms with E-state index in [0.717, 1.165) is 47.6 Å². The summed E-state index contributed by atoms with van der Waals surface area (Å²) in [5.74, 6) is 0.736. The molecule has 1 unspecified atom stereocenters. The van der Waals surface area contributed by atoms with E-state index in [2.05, 4.69) is 26.6 Å². The van der Waals surface area contributed by atoms with Gasteiger partial charge in [-0.05, 0) is 62.5 Å². The molecule has 18 heavy (non-hydrogen) atoms. The van der Waals surface area contributed by atoms with Crippen molar-refractivity contribution in [2.45, 2.75) is 19.8 Å². The molecule has 0 aromatic heterocycles. The van der Waals surface area contributed by atoms with E-state index in [-0.39, 0.29) is 5.91 Å². The van der Waals surface area contributed by atoms with Crippen LogP contribution >= 0.6 is 15.9 Å². The third-order valence-corrected chi connectivity index (χ3v) is 3.76. The van der Waals surface area contributed by atoms with Gasteiger partial charge in [-0.1, -0.05) is 15.9 Å². The molecule has 1 aliphatic rings. The number of carbonyl (C=O) groups excluding carboxylic acids is 1. The summed E-state index contributed by atoms with van der Waals surface area (Å²) in [6.45, 7) is 4.96. The summed E-state index contributed by atoms with van der Waals surface area (Å²) >= 11 is 3.42. The lowest BCUT2D eigenvalue weighted by atomic mass is 10.1. The van der Waals surface area contributed by atoms with Gasteiger partial charge in [0.05, 0.1) is 0 Å². The fraction of sp³-hybridized carbons (Fsp3) is 0.500. The van der Waals surface area contributed by atoms with Crippen LogP contribution in [0.15, 0.2) is 22.7 Å². The molecule has 2 rings (SSSR count). The van der Waals surface area contributed by atoms with Crippen LogP contribution < -0.4 is 10.6 Å². The fourth-order valence-corrected chi connectivity index (χ4v) is 2.93. The van der Waals surface area contributed by atoms with Gasteiger partial charge < -0.3 is 10.6 Å². The Morgan fingerprint density at radius 1 is 1.50 bits per heavy atom. The number of amides is 1. The lowest BCUT2D eigenvalue weighted by molar-refractivity contribution is 0.0951. The molecule has 0 aliphatic carbocycles. The molecule has 0 spiro atoms. The van der Waals surface area contributed by atoms with Crippen molar-refractivity contribution in [2.24, 2.45) is 5.92 Å². The van der Waals surface area contributed by atoms with E-state index in [1.165, 1.54) is 6.42 Å². The molecule has 1 fully saturated rings. The zero-order chi connectivity index (χ0) is 13.0. The topological polar surface area (TPSA) is 41.1 Å². The average molecular weight is 311 g/mol. The quantitative estimate of drug-likeness (QED) is 0.897. The minimum atomic E-state index is 0.0188. The van der Waals surface area contributed by atoms with E-state index in [4.69, 9.17) is 0 Å². The van der Waals surface area contributed by atoms with Crippen LogP contribution in [0.3, 0.4) is 0 Å². The monoisotopic (exact) mass is 310 g/mol. The van der Waals surface area contributed by atoms with Gasteiger partial charge in [0.25, 0.3) is 5.91 Å². The Bertz CT molecular complexity index is 408. The van der Waals surface area contributed by atoms with Crippen LogP contribution in [0.2, 0.25) is 0 Å². The van der Waals surface area contributed by atoms with Gasteiger partial charge in [0, 0.05) is 16.6 Å². The zero-order valence-electron chi connectivity index (χ0n) is 10.6. The Morgan fingerprint density at radius 2 is 2.33 bits per heavy atom. The standard InChI is InChI=1S/C14H19BrN2O/c1-10-6-12(8-13(15)7-10)14(18)17-5-3-11-2-4-16-9-11/h6-8,11,16H,2-5,9H2,1H3,(H,17,18). The van der Waals surface area contributed by atoms with Gasteiger partial charge in [0.2, 0.25) is 0 Å². The Morgan fingerprint density at radius 3 is 3.00 bits per heavy atom. The largest absolute Gasteiger partial charge is 0.352 e. The first-order chi connectivity index (χ1) is 8.65. The number of nitrogens with one attached hydrogen (secondary N) is 2. The number of carbonyl (C=O) groups is 1. The molecule has 1 atom stereocenters. The summed E-state index contributed by atoms with van der Waals surface area (Å²) in [4.78, 5) is 12.0. The summed E-state index contributed by atoms with van der Waals surface area (Å²) in [5, 5.41) is 6.33. The second-order valence-corrected chi connectivity index (χ2v) is 5.84. The van der Waals surface area contributed by atoms with E-state index >= 15 is 0 Å². The van der Waals surface area contributed by atoms with Crippen LogP contribution in [-0.4, -0.2) is 25.5 Å². The van der Waals surface area contributed by atoms with Crippen molar-refractivity contribution in [1.82, 2.24) is 10.6 Å². The Hall–Kier alpha value is -0.870. The van der Waals surface area contributed by atoms with Crippen LogP contribution in [0.25, 0.3) is 0 Å². The molecule has 1 aromatic carbocycles. The Labute approximate surface area is 116 Å². The van der Waals surface area contributed by atoms with Crippen molar-refractivity contribution in [3.63, 3.8) is 0 Å². The highest BCUT2D eigenvalue weighted by Crippen LogP contribution is 2.15. The molecule has 2 N–H and O–H groups in total. The van der Waals surface area contributed by atoms with Crippen LogP contribution in [-0.2, 0) is 0 Å². The predicted octanol–water partition coefficient (Wildman–Crippen LogP) is 2.49. The molecule has 1 aromatic rings. The number of hydrogen-bond acceptors (Lipinski definition) is 2. The van der Waals surface area contributed by atoms with Crippen LogP contribution in [0, 0.1) is 12.8 Å². The predicted molar refractivity (Wildman–Crippen MR) is 76.8 cm³/mol. The number of halogens is 1. The SMILES string of the molecule is Cc1cc(Br)cc(C(=O)NCCC2CCNC2)c1. The first kappa shape index (κ1) is 13.6. The first-order valence-electron chi connectivity index (χ1n) is 6.41. The summed E-state index contributed by atoms with van der Waals surface area (Å²) in [7, 11) is 0. The van der Waals surface area contributed by atoms with Crippen molar-refractivity contribution >= 4 is 21.8 Å². The second-order valence-electron chi connectivity index (χ2n) is 4.92. The van der Waals surface area contributed by atoms with Gasteiger partial charge in [-0.25, -0.2) is 0 Å². The summed E-state index contributed by atoms with van der Waals surface area (Å²) < 4.78 is 0.952. The second kappa shape index (κ2) is 6.34. The maximum atomic E-state index is 12.0. The summed E-state index contributed by atoms with van der Waals surface area (Å²) in [6, 6.07) is 5.78. The molecule has 1 saturated heterocycles. The average Bonchev–Trinajstić information content (AvgIpc) is 2.80. The molecular weight excluding hydrogens is 292 g/mol. The molecule has 0 saturated carbocycles. The molecule has 1 amide bonds. The molecule has 3 nitrogen and oxygen atoms in total. The van der Waals surface area contributed by atoms with Crippen molar-refractivity contribution in [3.8, 4) is 0 Å². The first-order valence-corrected chi connectivity index (χ1v) is 7.20. The summed E-state index contributed by atoms with van der Waals surface area (Å²) in [6.07, 6.45) is 2.29. The van der Waals surface area contributed by atoms with Crippen LogP contribution in [0.5, 0.6) is 0 Å². The van der Waals surface area contributed by atoms with Crippen molar-refractivity contribution in [2.75, 3.05) is 19.6 Å². The van der Waals surface area contributed by atoms with E-state index in [1.807, 2.05) is 25.1 Å². The van der Waals surface area contributed by atoms with Gasteiger partial charge in [-0.2, -0.15) is 0 Å². The number of benzene rings is 1. The van der Waals surface area contributed by atoms with Crippen LogP contribution in [0.1, 0.15) is 28.8 Å². The molecule has 1 aliphatic heterocycles. The fourth-order valence-electron chi connectivity index (χ4n) is 2.32. The highest BCUT2D eigenvalue weighted by molar-refractivity contribution is 9.10. The third-order valence-electron chi connectivity index (χ3n) is 3.30. The lowest BCUT2D eigenvalue weighted by Gasteiger charge is -2.10. The van der Waals surface area contributed by atoms with Crippen LogP contribution in [0.4, 0.5) is 0 Å². The molecular formula is C14H19BrN2O. The normalized spacial score (nSPS) is 18.9. The van der Waals surface area contributed by atoms with Gasteiger partial charge in [0.15, 0.2) is 0 Å². The van der Waals surface area contributed by atoms with Crippen molar-refractivity contribution < 1.29 is 4.79 Å². The number of rotatable bonds is 4. The Kier molecular flexibility index (Phi) is 4.78. The minimum absolute atomic E-state index is 0.0188. The third kappa shape index (κ3) is 3.82. The van der Waals surface area contributed by atoms with Gasteiger partial charge in [-0.15, -0.1) is 0 Å². The molecule has 1 heterocycles. The van der Waals surface area contributed by atoms with E-state index in [9.17, 15) is 4.79 Å². The zero-order valence-corrected chi connectivity index (χ0v) is 12.2. The number of hydrogen-bond donors (Lipinski definition) is 2. The lowest BCUT2D eigenvalue weighted by Crippen LogP contribution is -2.26. The van der Waals surface area contributed by atoms with Gasteiger partial charge >= 0.3 is 0 Å². The maximum Gasteiger partial charge on any atom is 0.251 e. The maximum absolute atomic E-state index is 12.0. The molecule has 0 bridgehead atoms. The minimum Gasteiger partial charge on any atom is -0.352 e. The van der Waals surface area contributed by atoms with E-state index < -0.39 is 0 Å². The van der Waals surface area contributed by atoms with Crippen molar-refractivity contribution in [3.05, 3.63) is 33.8 Å². The molecule has 98 valence electrons. The molecule has 4 heteroatoms. The van der Waals surface area contributed by atoms with Gasteiger partial charge in [-0.3, -0.25) is 4.79 Å². The molecule has 0 radical (unpaired) electrons. The highest BCUT2D eigenvalue weighted by atomic mass is 79.9. The van der Waals surface area contributed by atoms with E-state index in [0.29, 0.717) is 0 Å². The van der Waals surface area contributed by atoms with Gasteiger partial charge in [0.1, 0.15) is 0 Å². The highest BCUT2D eigenvalue weighted by Gasteiger charge is 2.14. The Balaban J connectivity index is 1.83. The number of aryl methyl sites for hydroxylation is 1. The smallest absolute Gasteiger partial charge is 0.251 e. The summed E-state index contributed by atoms with van der Waals surface area (Å²) in [5.41, 5.74) is 1.82. The van der Waals surface area contributed by atoms with E-state index in [1.54, 1.807) is 0 Å². The van der Waals surface area contributed by atoms with Crippen molar-refractivity contribution in [1.29, 1.82) is 0 Å².